The Hall–Kier alpha value is -0.730. The normalized spacial score (nSPS) is 42.4. The number of carbonyl (C=O) groups excluding carboxylic acids is 1. The second-order valence-electron chi connectivity index (χ2n) is 7.19. The van der Waals surface area contributed by atoms with E-state index in [1.54, 1.807) is 6.92 Å². The Bertz CT molecular complexity index is 440. The molecule has 3 aliphatic rings. The van der Waals surface area contributed by atoms with Gasteiger partial charge in [-0.25, -0.2) is 0 Å². The molecule has 2 heterocycles. The van der Waals surface area contributed by atoms with E-state index in [1.165, 1.54) is 6.42 Å². The summed E-state index contributed by atoms with van der Waals surface area (Å²) >= 11 is 0. The van der Waals surface area contributed by atoms with Gasteiger partial charge in [-0.3, -0.25) is 4.79 Å². The summed E-state index contributed by atoms with van der Waals surface area (Å²) in [5.41, 5.74) is 0. The smallest absolute Gasteiger partial charge is 0.223 e. The summed E-state index contributed by atoms with van der Waals surface area (Å²) in [6.07, 6.45) is 1.89. The third-order valence-corrected chi connectivity index (χ3v) is 5.29. The zero-order valence-corrected chi connectivity index (χ0v) is 13.5. The van der Waals surface area contributed by atoms with Crippen molar-refractivity contribution in [3.05, 3.63) is 0 Å². The predicted molar refractivity (Wildman–Crippen MR) is 80.4 cm³/mol. The molecule has 1 aliphatic carbocycles. The van der Waals surface area contributed by atoms with E-state index in [0.29, 0.717) is 0 Å². The molecule has 1 unspecified atom stereocenters. The number of carbonyl (C=O) groups is 1. The molecule has 0 radical (unpaired) electrons. The van der Waals surface area contributed by atoms with E-state index in [-0.39, 0.29) is 18.2 Å². The number of aliphatic hydroxyl groups is 3. The topological polar surface area (TPSA) is 108 Å². The summed E-state index contributed by atoms with van der Waals surface area (Å²) in [4.78, 5) is 12.5. The Morgan fingerprint density at radius 1 is 1.30 bits per heavy atom. The number of aliphatic hydroxyl groups excluding tert-OH is 3. The average molecular weight is 329 g/mol. The van der Waals surface area contributed by atoms with Crippen LogP contribution in [0.15, 0.2) is 0 Å². The van der Waals surface area contributed by atoms with Crippen LogP contribution in [0.25, 0.3) is 0 Å². The van der Waals surface area contributed by atoms with Crippen LogP contribution in [0, 0.1) is 5.92 Å². The molecule has 3 fully saturated rings. The fraction of sp³-hybridized carbons (Fsp3) is 0.938. The van der Waals surface area contributed by atoms with Crippen molar-refractivity contribution >= 4 is 5.91 Å². The summed E-state index contributed by atoms with van der Waals surface area (Å²) in [5.74, 6) is -1.07. The molecule has 0 spiro atoms. The van der Waals surface area contributed by atoms with E-state index in [4.69, 9.17) is 9.47 Å². The van der Waals surface area contributed by atoms with Gasteiger partial charge in [0.15, 0.2) is 5.79 Å². The van der Waals surface area contributed by atoms with Crippen LogP contribution in [0.4, 0.5) is 0 Å². The van der Waals surface area contributed by atoms with Crippen LogP contribution in [0.2, 0.25) is 0 Å². The van der Waals surface area contributed by atoms with Crippen LogP contribution < -0.4 is 5.32 Å². The molecule has 1 amide bonds. The second kappa shape index (κ2) is 6.64. The van der Waals surface area contributed by atoms with Crippen molar-refractivity contribution in [1.82, 2.24) is 5.32 Å². The lowest BCUT2D eigenvalue weighted by atomic mass is 9.87. The van der Waals surface area contributed by atoms with E-state index in [2.05, 4.69) is 5.32 Å². The molecule has 0 aromatic rings. The molecule has 7 nitrogen and oxygen atoms in total. The molecule has 7 heteroatoms. The molecule has 0 aromatic heterocycles. The van der Waals surface area contributed by atoms with E-state index >= 15 is 0 Å². The van der Waals surface area contributed by atoms with Crippen molar-refractivity contribution in [3.63, 3.8) is 0 Å². The van der Waals surface area contributed by atoms with Crippen molar-refractivity contribution in [2.45, 2.75) is 81.7 Å². The largest absolute Gasteiger partial charge is 0.394 e. The maximum absolute atomic E-state index is 12.5. The molecule has 1 saturated carbocycles. The van der Waals surface area contributed by atoms with E-state index in [1.807, 2.05) is 0 Å². The highest BCUT2D eigenvalue weighted by atomic mass is 16.8. The third kappa shape index (κ3) is 3.39. The Morgan fingerprint density at radius 3 is 2.65 bits per heavy atom. The van der Waals surface area contributed by atoms with E-state index in [9.17, 15) is 20.1 Å². The minimum absolute atomic E-state index is 0.0206. The van der Waals surface area contributed by atoms with Gasteiger partial charge in [0.2, 0.25) is 5.91 Å². The first-order valence-electron chi connectivity index (χ1n) is 8.56. The van der Waals surface area contributed by atoms with E-state index in [0.717, 1.165) is 25.7 Å². The number of rotatable bonds is 4. The van der Waals surface area contributed by atoms with Gasteiger partial charge in [-0.15, -0.1) is 0 Å². The summed E-state index contributed by atoms with van der Waals surface area (Å²) in [6.45, 7) is 1.24. The minimum Gasteiger partial charge on any atom is -0.394 e. The van der Waals surface area contributed by atoms with Gasteiger partial charge >= 0.3 is 0 Å². The van der Waals surface area contributed by atoms with Crippen LogP contribution in [-0.4, -0.2) is 64.1 Å². The highest BCUT2D eigenvalue weighted by Crippen LogP contribution is 2.41. The van der Waals surface area contributed by atoms with Gasteiger partial charge in [0.25, 0.3) is 0 Å². The number of hydrogen-bond acceptors (Lipinski definition) is 6. The summed E-state index contributed by atoms with van der Waals surface area (Å²) < 4.78 is 11.5. The molecule has 0 aromatic carbocycles. The van der Waals surface area contributed by atoms with Gasteiger partial charge in [-0.2, -0.15) is 0 Å². The van der Waals surface area contributed by atoms with Gasteiger partial charge < -0.3 is 30.1 Å². The van der Waals surface area contributed by atoms with Gasteiger partial charge in [0, 0.05) is 12.3 Å². The molecule has 23 heavy (non-hydrogen) atoms. The highest BCUT2D eigenvalue weighted by molar-refractivity contribution is 5.79. The molecule has 2 aliphatic heterocycles. The monoisotopic (exact) mass is 329 g/mol. The Morgan fingerprint density at radius 2 is 2.00 bits per heavy atom. The van der Waals surface area contributed by atoms with Crippen LogP contribution in [0.1, 0.15) is 45.4 Å². The third-order valence-electron chi connectivity index (χ3n) is 5.29. The molecule has 3 rings (SSSR count). The fourth-order valence-electron chi connectivity index (χ4n) is 4.06. The molecule has 2 saturated heterocycles. The lowest BCUT2D eigenvalue weighted by Crippen LogP contribution is -2.60. The number of ether oxygens (including phenoxy) is 2. The summed E-state index contributed by atoms with van der Waals surface area (Å²) in [6, 6.07) is -0.633. The lowest BCUT2D eigenvalue weighted by molar-refractivity contribution is -0.211. The predicted octanol–water partition coefficient (Wildman–Crippen LogP) is -0.330. The van der Waals surface area contributed by atoms with Gasteiger partial charge in [-0.1, -0.05) is 19.3 Å². The minimum atomic E-state index is -1.11. The number of fused-ring (bicyclic) bond motifs is 2. The molecule has 6 atom stereocenters. The van der Waals surface area contributed by atoms with Crippen molar-refractivity contribution < 1.29 is 29.6 Å². The molecule has 2 bridgehead atoms. The number of nitrogens with one attached hydrogen (secondary N) is 1. The molecular formula is C16H27NO6. The highest BCUT2D eigenvalue weighted by Gasteiger charge is 2.57. The van der Waals surface area contributed by atoms with Gasteiger partial charge in [0.05, 0.1) is 18.8 Å². The first-order valence-corrected chi connectivity index (χ1v) is 8.56. The van der Waals surface area contributed by atoms with Crippen LogP contribution in [0.3, 0.4) is 0 Å². The Kier molecular flexibility index (Phi) is 4.94. The summed E-state index contributed by atoms with van der Waals surface area (Å²) in [5, 5.41) is 32.5. The van der Waals surface area contributed by atoms with Crippen molar-refractivity contribution in [2.24, 2.45) is 5.92 Å². The summed E-state index contributed by atoms with van der Waals surface area (Å²) in [7, 11) is 0. The first-order chi connectivity index (χ1) is 10.9. The first kappa shape index (κ1) is 17.1. The maximum Gasteiger partial charge on any atom is 0.223 e. The van der Waals surface area contributed by atoms with Crippen molar-refractivity contribution in [2.75, 3.05) is 6.61 Å². The fourth-order valence-corrected chi connectivity index (χ4v) is 4.06. The molecular weight excluding hydrogens is 302 g/mol. The van der Waals surface area contributed by atoms with Crippen LogP contribution >= 0.6 is 0 Å². The van der Waals surface area contributed by atoms with Crippen LogP contribution in [0.5, 0.6) is 0 Å². The van der Waals surface area contributed by atoms with Crippen molar-refractivity contribution in [1.29, 1.82) is 0 Å². The second-order valence-corrected chi connectivity index (χ2v) is 7.19. The molecule has 132 valence electrons. The van der Waals surface area contributed by atoms with Gasteiger partial charge in [-0.05, 0) is 19.8 Å². The lowest BCUT2D eigenvalue weighted by Gasteiger charge is -2.38. The quantitative estimate of drug-likeness (QED) is 0.562. The van der Waals surface area contributed by atoms with Crippen molar-refractivity contribution in [3.8, 4) is 0 Å². The zero-order chi connectivity index (χ0) is 16.6. The SMILES string of the molecule is C[C@@]12C[C@@H](O)[C@@H](NC(=O)C3CCCCC3)C(O1)[C@H]([C@H](O)CO)O2. The standard InChI is InChI=1S/C16H27NO6/c1-16-7-10(19)12(14(23-16)13(22-16)11(20)8-18)17-15(21)9-5-3-2-4-6-9/h9-14,18-20H,2-8H2,1H3,(H,17,21)/t10-,11-,12-,13+,14?,16+/m1/s1. The maximum atomic E-state index is 12.5. The van der Waals surface area contributed by atoms with E-state index < -0.39 is 42.9 Å². The number of amides is 1. The average Bonchev–Trinajstić information content (AvgIpc) is 2.84. The number of hydrogen-bond donors (Lipinski definition) is 4. The molecule has 4 N–H and O–H groups in total. The Balaban J connectivity index is 1.71. The zero-order valence-electron chi connectivity index (χ0n) is 13.5. The van der Waals surface area contributed by atoms with Gasteiger partial charge in [0.1, 0.15) is 18.3 Å². The van der Waals surface area contributed by atoms with Crippen LogP contribution in [-0.2, 0) is 14.3 Å². The Labute approximate surface area is 136 Å².